The lowest BCUT2D eigenvalue weighted by atomic mass is 9.84. The van der Waals surface area contributed by atoms with Gasteiger partial charge in [0.15, 0.2) is 0 Å². The second-order valence-corrected chi connectivity index (χ2v) is 5.99. The van der Waals surface area contributed by atoms with Crippen molar-refractivity contribution in [1.82, 2.24) is 15.2 Å². The highest BCUT2D eigenvalue weighted by atomic mass is 16.4. The Morgan fingerprint density at radius 2 is 1.89 bits per heavy atom. The number of hydrogen-bond acceptors (Lipinski definition) is 5. The van der Waals surface area contributed by atoms with E-state index in [1.54, 1.807) is 0 Å². The molecule has 1 aromatic rings. The van der Waals surface area contributed by atoms with Crippen LogP contribution in [0.1, 0.15) is 38.6 Å². The smallest absolute Gasteiger partial charge is 0.308 e. The number of aliphatic carboxylic acids is 1. The van der Waals surface area contributed by atoms with Crippen molar-refractivity contribution in [3.63, 3.8) is 0 Å². The number of nitrogens with one attached hydrogen (secondary N) is 1. The summed E-state index contributed by atoms with van der Waals surface area (Å²) in [5.74, 6) is -0.896. The zero-order valence-electron chi connectivity index (χ0n) is 12.2. The third-order valence-corrected chi connectivity index (χ3v) is 2.81. The van der Waals surface area contributed by atoms with E-state index in [1.807, 2.05) is 34.6 Å². The molecule has 0 saturated carbocycles. The lowest BCUT2D eigenvalue weighted by Crippen LogP contribution is -2.28. The fourth-order valence-corrected chi connectivity index (χ4v) is 1.73. The van der Waals surface area contributed by atoms with Crippen molar-refractivity contribution < 1.29 is 9.90 Å². The van der Waals surface area contributed by atoms with Crippen LogP contribution in [0.25, 0.3) is 0 Å². The number of aryl methyl sites for hydroxylation is 2. The van der Waals surface area contributed by atoms with Crippen LogP contribution in [-0.2, 0) is 4.79 Å². The molecule has 19 heavy (non-hydrogen) atoms. The van der Waals surface area contributed by atoms with Gasteiger partial charge in [-0.1, -0.05) is 20.8 Å². The molecule has 0 aliphatic heterocycles. The second-order valence-electron chi connectivity index (χ2n) is 5.99. The number of nitrogens with zero attached hydrogens (tertiary/aromatic N) is 3. The Bertz CT molecular complexity index is 454. The van der Waals surface area contributed by atoms with E-state index in [1.165, 1.54) is 0 Å². The van der Waals surface area contributed by atoms with Crippen LogP contribution in [0, 0.1) is 25.2 Å². The van der Waals surface area contributed by atoms with Crippen molar-refractivity contribution in [3.8, 4) is 0 Å². The summed E-state index contributed by atoms with van der Waals surface area (Å²) in [6, 6.07) is 0. The van der Waals surface area contributed by atoms with Gasteiger partial charge in [0, 0.05) is 6.54 Å². The summed E-state index contributed by atoms with van der Waals surface area (Å²) >= 11 is 0. The number of hydrogen-bond donors (Lipinski definition) is 2. The monoisotopic (exact) mass is 266 g/mol. The Kier molecular flexibility index (Phi) is 4.80. The molecule has 0 bridgehead atoms. The molecule has 2 N–H and O–H groups in total. The van der Waals surface area contributed by atoms with Crippen molar-refractivity contribution in [1.29, 1.82) is 0 Å². The number of aromatic nitrogens is 3. The molecule has 6 nitrogen and oxygen atoms in total. The van der Waals surface area contributed by atoms with Gasteiger partial charge in [-0.3, -0.25) is 4.79 Å². The van der Waals surface area contributed by atoms with Crippen LogP contribution in [0.4, 0.5) is 5.95 Å². The first kappa shape index (κ1) is 15.3. The minimum absolute atomic E-state index is 0.0347. The lowest BCUT2D eigenvalue weighted by Gasteiger charge is -2.23. The number of carboxylic acids is 1. The highest BCUT2D eigenvalue weighted by Gasteiger charge is 2.24. The highest BCUT2D eigenvalue weighted by Crippen LogP contribution is 2.24. The SMILES string of the molecule is Cc1nnc(NCC(CC(C)(C)C)C(=O)O)nc1C. The average molecular weight is 266 g/mol. The van der Waals surface area contributed by atoms with Crippen molar-refractivity contribution >= 4 is 11.9 Å². The Morgan fingerprint density at radius 1 is 1.26 bits per heavy atom. The summed E-state index contributed by atoms with van der Waals surface area (Å²) in [7, 11) is 0. The fraction of sp³-hybridized carbons (Fsp3) is 0.692. The van der Waals surface area contributed by atoms with E-state index >= 15 is 0 Å². The summed E-state index contributed by atoms with van der Waals surface area (Å²) in [4.78, 5) is 15.4. The van der Waals surface area contributed by atoms with Crippen LogP contribution in [-0.4, -0.2) is 32.8 Å². The van der Waals surface area contributed by atoms with E-state index in [-0.39, 0.29) is 5.41 Å². The maximum atomic E-state index is 11.2. The summed E-state index contributed by atoms with van der Waals surface area (Å²) in [5.41, 5.74) is 1.53. The van der Waals surface area contributed by atoms with Gasteiger partial charge in [0.2, 0.25) is 5.95 Å². The molecule has 1 aromatic heterocycles. The molecule has 106 valence electrons. The Morgan fingerprint density at radius 3 is 2.37 bits per heavy atom. The van der Waals surface area contributed by atoms with Crippen LogP contribution >= 0.6 is 0 Å². The van der Waals surface area contributed by atoms with Crippen LogP contribution in [0.3, 0.4) is 0 Å². The van der Waals surface area contributed by atoms with Gasteiger partial charge in [0.25, 0.3) is 0 Å². The maximum absolute atomic E-state index is 11.2. The van der Waals surface area contributed by atoms with E-state index < -0.39 is 11.9 Å². The molecular weight excluding hydrogens is 244 g/mol. The third-order valence-electron chi connectivity index (χ3n) is 2.81. The lowest BCUT2D eigenvalue weighted by molar-refractivity contribution is -0.142. The van der Waals surface area contributed by atoms with Gasteiger partial charge in [0.05, 0.1) is 17.3 Å². The van der Waals surface area contributed by atoms with Gasteiger partial charge in [-0.2, -0.15) is 5.10 Å². The molecule has 0 aliphatic carbocycles. The zero-order chi connectivity index (χ0) is 14.6. The highest BCUT2D eigenvalue weighted by molar-refractivity contribution is 5.70. The molecule has 0 fully saturated rings. The molecule has 6 heteroatoms. The first-order chi connectivity index (χ1) is 8.69. The normalized spacial score (nSPS) is 13.1. The molecular formula is C13H22N4O2. The molecule has 1 atom stereocenters. The molecule has 0 aliphatic rings. The molecule has 1 heterocycles. The first-order valence-corrected chi connectivity index (χ1v) is 6.33. The molecule has 0 aromatic carbocycles. The number of anilines is 1. The molecule has 0 radical (unpaired) electrons. The number of rotatable bonds is 5. The van der Waals surface area contributed by atoms with Gasteiger partial charge in [0.1, 0.15) is 0 Å². The van der Waals surface area contributed by atoms with Crippen molar-refractivity contribution in [2.24, 2.45) is 11.3 Å². The van der Waals surface area contributed by atoms with Gasteiger partial charge >= 0.3 is 5.97 Å². The molecule has 0 saturated heterocycles. The summed E-state index contributed by atoms with van der Waals surface area (Å²) < 4.78 is 0. The maximum Gasteiger partial charge on any atom is 0.308 e. The van der Waals surface area contributed by atoms with Crippen molar-refractivity contribution in [3.05, 3.63) is 11.4 Å². The summed E-state index contributed by atoms with van der Waals surface area (Å²) in [6.07, 6.45) is 0.591. The van der Waals surface area contributed by atoms with Gasteiger partial charge in [-0.15, -0.1) is 5.10 Å². The van der Waals surface area contributed by atoms with Crippen LogP contribution < -0.4 is 5.32 Å². The minimum atomic E-state index is -0.806. The Balaban J connectivity index is 2.66. The fourth-order valence-electron chi connectivity index (χ4n) is 1.73. The first-order valence-electron chi connectivity index (χ1n) is 6.33. The van der Waals surface area contributed by atoms with Gasteiger partial charge < -0.3 is 10.4 Å². The number of carboxylic acid groups (broad SMARTS) is 1. The van der Waals surface area contributed by atoms with Crippen LogP contribution in [0.15, 0.2) is 0 Å². The van der Waals surface area contributed by atoms with E-state index in [0.29, 0.717) is 18.9 Å². The zero-order valence-corrected chi connectivity index (χ0v) is 12.2. The van der Waals surface area contributed by atoms with Crippen LogP contribution in [0.2, 0.25) is 0 Å². The topological polar surface area (TPSA) is 88.0 Å². The summed E-state index contributed by atoms with van der Waals surface area (Å²) in [6.45, 7) is 10.1. The molecule has 0 amide bonds. The minimum Gasteiger partial charge on any atom is -0.481 e. The van der Waals surface area contributed by atoms with E-state index in [9.17, 15) is 9.90 Å². The molecule has 0 spiro atoms. The van der Waals surface area contributed by atoms with E-state index in [4.69, 9.17) is 0 Å². The number of carbonyl (C=O) groups is 1. The standard InChI is InChI=1S/C13H22N4O2/c1-8-9(2)16-17-12(15-8)14-7-10(11(18)19)6-13(3,4)5/h10H,6-7H2,1-5H3,(H,18,19)(H,14,15,17). The van der Waals surface area contributed by atoms with E-state index in [2.05, 4.69) is 20.5 Å². The van der Waals surface area contributed by atoms with Crippen molar-refractivity contribution in [2.75, 3.05) is 11.9 Å². The quantitative estimate of drug-likeness (QED) is 0.848. The third kappa shape index (κ3) is 5.19. The van der Waals surface area contributed by atoms with Crippen molar-refractivity contribution in [2.45, 2.75) is 41.0 Å². The largest absolute Gasteiger partial charge is 0.481 e. The predicted octanol–water partition coefficient (Wildman–Crippen LogP) is 2.04. The predicted molar refractivity (Wildman–Crippen MR) is 73.0 cm³/mol. The van der Waals surface area contributed by atoms with Gasteiger partial charge in [-0.05, 0) is 25.7 Å². The summed E-state index contributed by atoms with van der Waals surface area (Å²) in [5, 5.41) is 20.0. The van der Waals surface area contributed by atoms with Gasteiger partial charge in [-0.25, -0.2) is 4.98 Å². The molecule has 1 unspecified atom stereocenters. The van der Waals surface area contributed by atoms with Crippen LogP contribution in [0.5, 0.6) is 0 Å². The van der Waals surface area contributed by atoms with E-state index in [0.717, 1.165) is 11.4 Å². The molecule has 1 rings (SSSR count). The Hall–Kier alpha value is -1.72. The second kappa shape index (κ2) is 5.95. The average Bonchev–Trinajstić information content (AvgIpc) is 2.27. The Labute approximate surface area is 113 Å².